The van der Waals surface area contributed by atoms with E-state index >= 15 is 0 Å². The molecule has 0 aliphatic rings. The van der Waals surface area contributed by atoms with Crippen molar-refractivity contribution in [2.24, 2.45) is 5.73 Å². The SMILES string of the molecule is CCCC(N)=Cc1ccc(N(C)C)cc1. The van der Waals surface area contributed by atoms with Crippen molar-refractivity contribution in [2.45, 2.75) is 19.8 Å². The maximum Gasteiger partial charge on any atom is 0.0361 e. The van der Waals surface area contributed by atoms with Crippen LogP contribution in [0.2, 0.25) is 0 Å². The number of hydrogen-bond acceptors (Lipinski definition) is 2. The van der Waals surface area contributed by atoms with E-state index in [0.717, 1.165) is 18.5 Å². The van der Waals surface area contributed by atoms with E-state index in [-0.39, 0.29) is 0 Å². The summed E-state index contributed by atoms with van der Waals surface area (Å²) in [4.78, 5) is 2.09. The fourth-order valence-corrected chi connectivity index (χ4v) is 1.44. The Morgan fingerprint density at radius 2 is 1.87 bits per heavy atom. The zero-order chi connectivity index (χ0) is 11.3. The van der Waals surface area contributed by atoms with Crippen molar-refractivity contribution in [3.05, 3.63) is 35.5 Å². The summed E-state index contributed by atoms with van der Waals surface area (Å²) in [6, 6.07) is 8.39. The lowest BCUT2D eigenvalue weighted by Crippen LogP contribution is -2.08. The molecule has 0 atom stereocenters. The third-order valence-electron chi connectivity index (χ3n) is 2.30. The molecule has 0 radical (unpaired) electrons. The van der Waals surface area contributed by atoms with Gasteiger partial charge in [-0.1, -0.05) is 25.5 Å². The summed E-state index contributed by atoms with van der Waals surface area (Å²) in [5.74, 6) is 0. The van der Waals surface area contributed by atoms with Crippen molar-refractivity contribution < 1.29 is 0 Å². The Bertz CT molecular complexity index is 323. The normalized spacial score (nSPS) is 11.5. The Morgan fingerprint density at radius 3 is 2.33 bits per heavy atom. The molecular formula is C13H20N2. The summed E-state index contributed by atoms with van der Waals surface area (Å²) >= 11 is 0. The molecule has 15 heavy (non-hydrogen) atoms. The summed E-state index contributed by atoms with van der Waals surface area (Å²) < 4.78 is 0. The topological polar surface area (TPSA) is 29.3 Å². The van der Waals surface area contributed by atoms with Crippen LogP contribution in [0.3, 0.4) is 0 Å². The van der Waals surface area contributed by atoms with Crippen LogP contribution in [0.4, 0.5) is 5.69 Å². The van der Waals surface area contributed by atoms with Crippen LogP contribution in [-0.4, -0.2) is 14.1 Å². The molecule has 0 spiro atoms. The lowest BCUT2D eigenvalue weighted by atomic mass is 10.1. The molecule has 82 valence electrons. The molecule has 0 aromatic heterocycles. The number of hydrogen-bond donors (Lipinski definition) is 1. The monoisotopic (exact) mass is 204 g/mol. The van der Waals surface area contributed by atoms with Gasteiger partial charge in [0.1, 0.15) is 0 Å². The smallest absolute Gasteiger partial charge is 0.0361 e. The maximum absolute atomic E-state index is 5.86. The van der Waals surface area contributed by atoms with E-state index in [1.54, 1.807) is 0 Å². The molecule has 0 bridgehead atoms. The van der Waals surface area contributed by atoms with E-state index < -0.39 is 0 Å². The van der Waals surface area contributed by atoms with Crippen LogP contribution >= 0.6 is 0 Å². The summed E-state index contributed by atoms with van der Waals surface area (Å²) in [5, 5.41) is 0. The second-order valence-electron chi connectivity index (χ2n) is 3.96. The van der Waals surface area contributed by atoms with Crippen LogP contribution in [0.25, 0.3) is 6.08 Å². The van der Waals surface area contributed by atoms with Crippen molar-refractivity contribution >= 4 is 11.8 Å². The average Bonchev–Trinajstić information content (AvgIpc) is 2.18. The number of nitrogens with zero attached hydrogens (tertiary/aromatic N) is 1. The second-order valence-corrected chi connectivity index (χ2v) is 3.96. The van der Waals surface area contributed by atoms with Gasteiger partial charge in [-0.05, 0) is 30.2 Å². The van der Waals surface area contributed by atoms with Crippen LogP contribution in [-0.2, 0) is 0 Å². The minimum absolute atomic E-state index is 0.954. The van der Waals surface area contributed by atoms with Gasteiger partial charge >= 0.3 is 0 Å². The molecule has 0 unspecified atom stereocenters. The first-order valence-corrected chi connectivity index (χ1v) is 5.37. The Labute approximate surface area is 92.4 Å². The predicted octanol–water partition coefficient (Wildman–Crippen LogP) is 2.85. The first kappa shape index (κ1) is 11.6. The maximum atomic E-state index is 5.86. The van der Waals surface area contributed by atoms with Gasteiger partial charge in [0.2, 0.25) is 0 Å². The van der Waals surface area contributed by atoms with Gasteiger partial charge in [-0.2, -0.15) is 0 Å². The summed E-state index contributed by atoms with van der Waals surface area (Å²) in [6.07, 6.45) is 4.11. The molecule has 0 amide bonds. The number of nitrogens with two attached hydrogens (primary N) is 1. The number of allylic oxidation sites excluding steroid dienone is 1. The second kappa shape index (κ2) is 5.44. The predicted molar refractivity (Wildman–Crippen MR) is 67.8 cm³/mol. The third-order valence-corrected chi connectivity index (χ3v) is 2.30. The van der Waals surface area contributed by atoms with Crippen molar-refractivity contribution in [2.75, 3.05) is 19.0 Å². The molecular weight excluding hydrogens is 184 g/mol. The molecule has 1 rings (SSSR count). The Balaban J connectivity index is 2.76. The quantitative estimate of drug-likeness (QED) is 0.817. The molecule has 1 aromatic rings. The Kier molecular flexibility index (Phi) is 4.22. The van der Waals surface area contributed by atoms with Crippen LogP contribution in [0, 0.1) is 0 Å². The minimum atomic E-state index is 0.954. The lowest BCUT2D eigenvalue weighted by molar-refractivity contribution is 0.899. The van der Waals surface area contributed by atoms with Crippen LogP contribution < -0.4 is 10.6 Å². The number of rotatable bonds is 4. The Morgan fingerprint density at radius 1 is 1.27 bits per heavy atom. The first-order valence-electron chi connectivity index (χ1n) is 5.37. The minimum Gasteiger partial charge on any atom is -0.402 e. The molecule has 0 aliphatic carbocycles. The zero-order valence-electron chi connectivity index (χ0n) is 9.83. The molecule has 0 fully saturated rings. The highest BCUT2D eigenvalue weighted by molar-refractivity contribution is 5.57. The number of anilines is 1. The van der Waals surface area contributed by atoms with E-state index in [4.69, 9.17) is 5.73 Å². The van der Waals surface area contributed by atoms with Gasteiger partial charge in [0.05, 0.1) is 0 Å². The molecule has 1 aromatic carbocycles. The molecule has 0 saturated heterocycles. The van der Waals surface area contributed by atoms with Gasteiger partial charge in [0, 0.05) is 25.5 Å². The Hall–Kier alpha value is -1.44. The van der Waals surface area contributed by atoms with Gasteiger partial charge in [0.15, 0.2) is 0 Å². The highest BCUT2D eigenvalue weighted by Gasteiger charge is 1.95. The van der Waals surface area contributed by atoms with Gasteiger partial charge in [-0.25, -0.2) is 0 Å². The first-order chi connectivity index (χ1) is 7.13. The van der Waals surface area contributed by atoms with Crippen molar-refractivity contribution in [3.63, 3.8) is 0 Å². The van der Waals surface area contributed by atoms with E-state index in [1.807, 2.05) is 20.2 Å². The fraction of sp³-hybridized carbons (Fsp3) is 0.385. The molecule has 2 N–H and O–H groups in total. The van der Waals surface area contributed by atoms with E-state index in [1.165, 1.54) is 11.3 Å². The van der Waals surface area contributed by atoms with Gasteiger partial charge in [-0.15, -0.1) is 0 Å². The van der Waals surface area contributed by atoms with Gasteiger partial charge in [-0.3, -0.25) is 0 Å². The standard InChI is InChI=1S/C13H20N2/c1-4-5-12(14)10-11-6-8-13(9-7-11)15(2)3/h6-10H,4-5,14H2,1-3H3. The van der Waals surface area contributed by atoms with Crippen molar-refractivity contribution in [1.82, 2.24) is 0 Å². The zero-order valence-corrected chi connectivity index (χ0v) is 9.83. The summed E-state index contributed by atoms with van der Waals surface area (Å²) in [6.45, 7) is 2.13. The largest absolute Gasteiger partial charge is 0.402 e. The van der Waals surface area contributed by atoms with Gasteiger partial charge < -0.3 is 10.6 Å². The molecule has 2 heteroatoms. The lowest BCUT2D eigenvalue weighted by Gasteiger charge is -2.12. The molecule has 2 nitrogen and oxygen atoms in total. The molecule has 0 saturated carbocycles. The third kappa shape index (κ3) is 3.66. The fourth-order valence-electron chi connectivity index (χ4n) is 1.44. The van der Waals surface area contributed by atoms with E-state index in [0.29, 0.717) is 0 Å². The number of benzene rings is 1. The highest BCUT2D eigenvalue weighted by atomic mass is 15.1. The van der Waals surface area contributed by atoms with Crippen molar-refractivity contribution in [3.8, 4) is 0 Å². The van der Waals surface area contributed by atoms with Crippen LogP contribution in [0.15, 0.2) is 30.0 Å². The van der Waals surface area contributed by atoms with Crippen LogP contribution in [0.1, 0.15) is 25.3 Å². The highest BCUT2D eigenvalue weighted by Crippen LogP contribution is 2.14. The van der Waals surface area contributed by atoms with E-state index in [9.17, 15) is 0 Å². The summed E-state index contributed by atoms with van der Waals surface area (Å²) in [5.41, 5.74) is 9.20. The van der Waals surface area contributed by atoms with E-state index in [2.05, 4.69) is 36.1 Å². The van der Waals surface area contributed by atoms with Crippen molar-refractivity contribution in [1.29, 1.82) is 0 Å². The average molecular weight is 204 g/mol. The molecule has 0 aliphatic heterocycles. The summed E-state index contributed by atoms with van der Waals surface area (Å²) in [7, 11) is 4.08. The van der Waals surface area contributed by atoms with Crippen LogP contribution in [0.5, 0.6) is 0 Å². The molecule has 0 heterocycles. The van der Waals surface area contributed by atoms with Gasteiger partial charge in [0.25, 0.3) is 0 Å².